The van der Waals surface area contributed by atoms with Gasteiger partial charge in [-0.15, -0.1) is 0 Å². The van der Waals surface area contributed by atoms with Gasteiger partial charge in [-0.05, 0) is 38.5 Å². The first-order valence-corrected chi connectivity index (χ1v) is 5.51. The first-order chi connectivity index (χ1) is 7.89. The van der Waals surface area contributed by atoms with Crippen LogP contribution in [-0.4, -0.2) is 23.5 Å². The highest BCUT2D eigenvalue weighted by molar-refractivity contribution is 5.94. The number of carbonyl (C=O) groups is 2. The summed E-state index contributed by atoms with van der Waals surface area (Å²) < 4.78 is 0. The van der Waals surface area contributed by atoms with Crippen LogP contribution < -0.4 is 5.32 Å². The lowest BCUT2D eigenvalue weighted by Crippen LogP contribution is -2.29. The first-order valence-electron chi connectivity index (χ1n) is 5.51. The lowest BCUT2D eigenvalue weighted by molar-refractivity contribution is -0.142. The SMILES string of the molecule is CCNC(=O)c1cccc(C(C)(C)C(=O)O)c1. The number of benzene rings is 1. The minimum absolute atomic E-state index is 0.185. The lowest BCUT2D eigenvalue weighted by atomic mass is 9.84. The highest BCUT2D eigenvalue weighted by Gasteiger charge is 2.29. The molecule has 4 nitrogen and oxygen atoms in total. The number of rotatable bonds is 4. The smallest absolute Gasteiger partial charge is 0.313 e. The summed E-state index contributed by atoms with van der Waals surface area (Å²) >= 11 is 0. The van der Waals surface area contributed by atoms with Crippen LogP contribution >= 0.6 is 0 Å². The molecule has 0 heterocycles. The minimum atomic E-state index is -0.998. The van der Waals surface area contributed by atoms with Crippen molar-refractivity contribution in [3.63, 3.8) is 0 Å². The summed E-state index contributed by atoms with van der Waals surface area (Å²) in [6.45, 7) is 5.62. The Morgan fingerprint density at radius 1 is 1.35 bits per heavy atom. The first kappa shape index (κ1) is 13.2. The third-order valence-electron chi connectivity index (χ3n) is 2.72. The van der Waals surface area contributed by atoms with Crippen LogP contribution in [0.3, 0.4) is 0 Å². The van der Waals surface area contributed by atoms with Crippen molar-refractivity contribution in [1.29, 1.82) is 0 Å². The molecule has 0 aliphatic heterocycles. The summed E-state index contributed by atoms with van der Waals surface area (Å²) in [5, 5.41) is 11.8. The summed E-state index contributed by atoms with van der Waals surface area (Å²) in [5.74, 6) is -1.10. The van der Waals surface area contributed by atoms with Crippen LogP contribution in [0.5, 0.6) is 0 Å². The van der Waals surface area contributed by atoms with Gasteiger partial charge in [0.25, 0.3) is 5.91 Å². The molecule has 2 N–H and O–H groups in total. The van der Waals surface area contributed by atoms with Crippen molar-refractivity contribution >= 4 is 11.9 Å². The summed E-state index contributed by atoms with van der Waals surface area (Å²) in [6, 6.07) is 6.72. The Labute approximate surface area is 101 Å². The second-order valence-corrected chi connectivity index (χ2v) is 4.37. The van der Waals surface area contributed by atoms with Crippen LogP contribution in [0.1, 0.15) is 36.7 Å². The number of carbonyl (C=O) groups excluding carboxylic acids is 1. The van der Waals surface area contributed by atoms with Gasteiger partial charge in [0.15, 0.2) is 0 Å². The third-order valence-corrected chi connectivity index (χ3v) is 2.72. The monoisotopic (exact) mass is 235 g/mol. The average molecular weight is 235 g/mol. The topological polar surface area (TPSA) is 66.4 Å². The van der Waals surface area contributed by atoms with Crippen molar-refractivity contribution in [2.45, 2.75) is 26.2 Å². The van der Waals surface area contributed by atoms with Gasteiger partial charge in [0.1, 0.15) is 0 Å². The molecule has 0 fully saturated rings. The Morgan fingerprint density at radius 2 is 2.00 bits per heavy atom. The van der Waals surface area contributed by atoms with Crippen molar-refractivity contribution in [3.8, 4) is 0 Å². The van der Waals surface area contributed by atoms with Crippen LogP contribution in [0, 0.1) is 0 Å². The summed E-state index contributed by atoms with van der Waals surface area (Å²) in [6.07, 6.45) is 0. The Balaban J connectivity index is 3.09. The highest BCUT2D eigenvalue weighted by atomic mass is 16.4. The molecule has 0 aliphatic carbocycles. The van der Waals surface area contributed by atoms with E-state index in [0.29, 0.717) is 17.7 Å². The molecule has 0 aromatic heterocycles. The zero-order valence-corrected chi connectivity index (χ0v) is 10.3. The van der Waals surface area contributed by atoms with Crippen LogP contribution in [0.4, 0.5) is 0 Å². The largest absolute Gasteiger partial charge is 0.481 e. The van der Waals surface area contributed by atoms with Crippen molar-refractivity contribution < 1.29 is 14.7 Å². The fraction of sp³-hybridized carbons (Fsp3) is 0.385. The van der Waals surface area contributed by atoms with E-state index in [1.54, 1.807) is 38.1 Å². The Hall–Kier alpha value is -1.84. The Bertz CT molecular complexity index is 438. The van der Waals surface area contributed by atoms with E-state index < -0.39 is 11.4 Å². The van der Waals surface area contributed by atoms with Gasteiger partial charge in [-0.2, -0.15) is 0 Å². The molecule has 1 aromatic carbocycles. The molecule has 1 aromatic rings. The molecule has 1 amide bonds. The van der Waals surface area contributed by atoms with E-state index in [1.165, 1.54) is 0 Å². The van der Waals surface area contributed by atoms with Crippen LogP contribution in [-0.2, 0) is 10.2 Å². The van der Waals surface area contributed by atoms with Crippen LogP contribution in [0.2, 0.25) is 0 Å². The molecular formula is C13H17NO3. The van der Waals surface area contributed by atoms with Crippen LogP contribution in [0.15, 0.2) is 24.3 Å². The number of amides is 1. The van der Waals surface area contributed by atoms with Gasteiger partial charge in [0.2, 0.25) is 0 Å². The molecule has 17 heavy (non-hydrogen) atoms. The summed E-state index contributed by atoms with van der Waals surface area (Å²) in [7, 11) is 0. The van der Waals surface area contributed by atoms with E-state index in [9.17, 15) is 9.59 Å². The molecule has 0 aliphatic rings. The predicted molar refractivity (Wildman–Crippen MR) is 65.1 cm³/mol. The molecule has 4 heteroatoms. The number of hydrogen-bond donors (Lipinski definition) is 2. The van der Waals surface area contributed by atoms with E-state index in [1.807, 2.05) is 6.92 Å². The van der Waals surface area contributed by atoms with Crippen molar-refractivity contribution in [1.82, 2.24) is 5.32 Å². The molecule has 0 radical (unpaired) electrons. The third kappa shape index (κ3) is 2.84. The maximum Gasteiger partial charge on any atom is 0.313 e. The van der Waals surface area contributed by atoms with Gasteiger partial charge in [-0.3, -0.25) is 9.59 Å². The molecule has 0 saturated heterocycles. The van der Waals surface area contributed by atoms with E-state index in [0.717, 1.165) is 0 Å². The molecule has 0 saturated carbocycles. The molecule has 1 rings (SSSR count). The van der Waals surface area contributed by atoms with Crippen LogP contribution in [0.25, 0.3) is 0 Å². The average Bonchev–Trinajstić information content (AvgIpc) is 2.29. The molecule has 92 valence electrons. The number of nitrogens with one attached hydrogen (secondary N) is 1. The van der Waals surface area contributed by atoms with E-state index in [-0.39, 0.29) is 5.91 Å². The van der Waals surface area contributed by atoms with Gasteiger partial charge in [-0.1, -0.05) is 12.1 Å². The van der Waals surface area contributed by atoms with Gasteiger partial charge in [0, 0.05) is 12.1 Å². The van der Waals surface area contributed by atoms with Gasteiger partial charge in [-0.25, -0.2) is 0 Å². The van der Waals surface area contributed by atoms with E-state index in [4.69, 9.17) is 5.11 Å². The van der Waals surface area contributed by atoms with Crippen molar-refractivity contribution in [2.24, 2.45) is 0 Å². The van der Waals surface area contributed by atoms with Crippen molar-refractivity contribution in [2.75, 3.05) is 6.54 Å². The Kier molecular flexibility index (Phi) is 3.89. The second-order valence-electron chi connectivity index (χ2n) is 4.37. The quantitative estimate of drug-likeness (QED) is 0.836. The number of hydrogen-bond acceptors (Lipinski definition) is 2. The Morgan fingerprint density at radius 3 is 2.53 bits per heavy atom. The van der Waals surface area contributed by atoms with E-state index >= 15 is 0 Å². The van der Waals surface area contributed by atoms with Crippen molar-refractivity contribution in [3.05, 3.63) is 35.4 Å². The number of carboxylic acids is 1. The minimum Gasteiger partial charge on any atom is -0.481 e. The summed E-state index contributed by atoms with van der Waals surface area (Å²) in [5.41, 5.74) is 0.107. The second kappa shape index (κ2) is 4.99. The fourth-order valence-corrected chi connectivity index (χ4v) is 1.44. The van der Waals surface area contributed by atoms with E-state index in [2.05, 4.69) is 5.32 Å². The lowest BCUT2D eigenvalue weighted by Gasteiger charge is -2.20. The molecule has 0 unspecified atom stereocenters. The molecule has 0 atom stereocenters. The van der Waals surface area contributed by atoms with Gasteiger partial charge in [0.05, 0.1) is 5.41 Å². The standard InChI is InChI=1S/C13H17NO3/c1-4-14-11(15)9-6-5-7-10(8-9)13(2,3)12(16)17/h5-8H,4H2,1-3H3,(H,14,15)(H,16,17). The fourth-order valence-electron chi connectivity index (χ4n) is 1.44. The molecular weight excluding hydrogens is 218 g/mol. The number of aliphatic carboxylic acids is 1. The number of carboxylic acid groups (broad SMARTS) is 1. The zero-order chi connectivity index (χ0) is 13.1. The maximum absolute atomic E-state index is 11.6. The predicted octanol–water partition coefficient (Wildman–Crippen LogP) is 1.80. The normalized spacial score (nSPS) is 11.0. The maximum atomic E-state index is 11.6. The van der Waals surface area contributed by atoms with Gasteiger partial charge >= 0.3 is 5.97 Å². The van der Waals surface area contributed by atoms with Gasteiger partial charge < -0.3 is 10.4 Å². The molecule has 0 bridgehead atoms. The molecule has 0 spiro atoms. The summed E-state index contributed by atoms with van der Waals surface area (Å²) in [4.78, 5) is 22.8. The highest BCUT2D eigenvalue weighted by Crippen LogP contribution is 2.24. The zero-order valence-electron chi connectivity index (χ0n) is 10.3.